The maximum atomic E-state index is 8.79. The first-order valence-electron chi connectivity index (χ1n) is 4.30. The average molecular weight is 203 g/mol. The highest BCUT2D eigenvalue weighted by molar-refractivity contribution is 5.56. The molecular formula is C9H9N5O. The number of hydrogen-bond acceptors (Lipinski definition) is 6. The summed E-state index contributed by atoms with van der Waals surface area (Å²) >= 11 is 0. The van der Waals surface area contributed by atoms with Crippen LogP contribution in [0.25, 0.3) is 0 Å². The molecule has 0 radical (unpaired) electrons. The standard InChI is InChI=1S/C9H9N5O/c1-15-9-12-4-6-2-5(3-10)7(11)13-8(6)14-9/h4H,2,11H2,1H3,(H,12,13,14). The van der Waals surface area contributed by atoms with Crippen LogP contribution in [-0.4, -0.2) is 17.1 Å². The van der Waals surface area contributed by atoms with E-state index in [2.05, 4.69) is 15.3 Å². The number of allylic oxidation sites excluding steroid dienone is 1. The number of hydrogen-bond donors (Lipinski definition) is 2. The zero-order valence-corrected chi connectivity index (χ0v) is 8.11. The summed E-state index contributed by atoms with van der Waals surface area (Å²) in [6, 6.07) is 2.30. The third kappa shape index (κ3) is 1.55. The number of nitriles is 1. The van der Waals surface area contributed by atoms with Crippen molar-refractivity contribution < 1.29 is 4.74 Å². The summed E-state index contributed by atoms with van der Waals surface area (Å²) in [5, 5.41) is 11.6. The van der Waals surface area contributed by atoms with E-state index in [1.165, 1.54) is 7.11 Å². The van der Waals surface area contributed by atoms with E-state index in [-0.39, 0.29) is 6.01 Å². The molecule has 0 aliphatic carbocycles. The Balaban J connectivity index is 2.40. The van der Waals surface area contributed by atoms with Crippen molar-refractivity contribution in [1.29, 1.82) is 5.26 Å². The van der Waals surface area contributed by atoms with Crippen molar-refractivity contribution in [2.45, 2.75) is 6.42 Å². The minimum atomic E-state index is 0.273. The Labute approximate surface area is 86.4 Å². The van der Waals surface area contributed by atoms with E-state index < -0.39 is 0 Å². The van der Waals surface area contributed by atoms with Crippen LogP contribution in [0, 0.1) is 11.3 Å². The first kappa shape index (κ1) is 9.27. The van der Waals surface area contributed by atoms with Gasteiger partial charge >= 0.3 is 6.01 Å². The monoisotopic (exact) mass is 203 g/mol. The molecule has 0 atom stereocenters. The fraction of sp³-hybridized carbons (Fsp3) is 0.222. The van der Waals surface area contributed by atoms with Gasteiger partial charge in [-0.15, -0.1) is 0 Å². The number of fused-ring (bicyclic) bond motifs is 1. The molecule has 0 unspecified atom stereocenters. The molecule has 1 aliphatic rings. The highest BCUT2D eigenvalue weighted by Crippen LogP contribution is 2.24. The number of rotatable bonds is 1. The molecular weight excluding hydrogens is 194 g/mol. The Morgan fingerprint density at radius 2 is 2.47 bits per heavy atom. The van der Waals surface area contributed by atoms with Gasteiger partial charge in [0.25, 0.3) is 0 Å². The van der Waals surface area contributed by atoms with Gasteiger partial charge in [-0.2, -0.15) is 10.2 Å². The van der Waals surface area contributed by atoms with Gasteiger partial charge < -0.3 is 15.8 Å². The van der Waals surface area contributed by atoms with Crippen molar-refractivity contribution in [2.75, 3.05) is 12.4 Å². The lowest BCUT2D eigenvalue weighted by molar-refractivity contribution is 0.380. The van der Waals surface area contributed by atoms with Crippen LogP contribution in [0.4, 0.5) is 5.82 Å². The maximum absolute atomic E-state index is 8.79. The Kier molecular flexibility index (Phi) is 2.14. The van der Waals surface area contributed by atoms with Crippen molar-refractivity contribution in [3.05, 3.63) is 23.2 Å². The number of nitrogens with zero attached hydrogens (tertiary/aromatic N) is 3. The molecule has 1 aromatic rings. The quantitative estimate of drug-likeness (QED) is 0.674. The second-order valence-corrected chi connectivity index (χ2v) is 3.04. The van der Waals surface area contributed by atoms with Gasteiger partial charge in [0.05, 0.1) is 18.8 Å². The highest BCUT2D eigenvalue weighted by atomic mass is 16.5. The number of methoxy groups -OCH3 is 1. The van der Waals surface area contributed by atoms with Crippen molar-refractivity contribution in [3.63, 3.8) is 0 Å². The molecule has 0 fully saturated rings. The molecule has 0 amide bonds. The zero-order chi connectivity index (χ0) is 10.8. The largest absolute Gasteiger partial charge is 0.467 e. The zero-order valence-electron chi connectivity index (χ0n) is 8.11. The normalized spacial score (nSPS) is 13.9. The number of anilines is 1. The molecule has 76 valence electrons. The molecule has 0 bridgehead atoms. The molecule has 2 heterocycles. The van der Waals surface area contributed by atoms with E-state index in [0.717, 1.165) is 5.56 Å². The van der Waals surface area contributed by atoms with Crippen LogP contribution in [0.2, 0.25) is 0 Å². The summed E-state index contributed by atoms with van der Waals surface area (Å²) < 4.78 is 4.88. The summed E-state index contributed by atoms with van der Waals surface area (Å²) in [5.41, 5.74) is 6.97. The summed E-state index contributed by atoms with van der Waals surface area (Å²) in [6.45, 7) is 0. The van der Waals surface area contributed by atoms with Crippen LogP contribution in [0.15, 0.2) is 17.6 Å². The minimum Gasteiger partial charge on any atom is -0.467 e. The van der Waals surface area contributed by atoms with Gasteiger partial charge in [-0.1, -0.05) is 0 Å². The van der Waals surface area contributed by atoms with Gasteiger partial charge in [0.2, 0.25) is 0 Å². The molecule has 0 saturated carbocycles. The van der Waals surface area contributed by atoms with Crippen molar-refractivity contribution in [3.8, 4) is 12.1 Å². The van der Waals surface area contributed by atoms with Crippen LogP contribution in [0.5, 0.6) is 6.01 Å². The molecule has 0 aromatic carbocycles. The molecule has 6 nitrogen and oxygen atoms in total. The van der Waals surface area contributed by atoms with E-state index in [1.807, 2.05) is 6.07 Å². The van der Waals surface area contributed by atoms with Gasteiger partial charge in [-0.05, 0) is 0 Å². The van der Waals surface area contributed by atoms with Crippen LogP contribution < -0.4 is 15.8 Å². The SMILES string of the molecule is COc1ncc2c(n1)NC(N)=C(C#N)C2. The van der Waals surface area contributed by atoms with Crippen LogP contribution >= 0.6 is 0 Å². The van der Waals surface area contributed by atoms with Crippen molar-refractivity contribution in [1.82, 2.24) is 9.97 Å². The molecule has 1 aromatic heterocycles. The predicted molar refractivity (Wildman–Crippen MR) is 52.7 cm³/mol. The van der Waals surface area contributed by atoms with Gasteiger partial charge in [0, 0.05) is 18.2 Å². The predicted octanol–water partition coefficient (Wildman–Crippen LogP) is 0.147. The Morgan fingerprint density at radius 3 is 3.13 bits per heavy atom. The third-order valence-electron chi connectivity index (χ3n) is 2.11. The van der Waals surface area contributed by atoms with Crippen molar-refractivity contribution in [2.24, 2.45) is 5.73 Å². The summed E-state index contributed by atoms with van der Waals surface area (Å²) in [4.78, 5) is 8.04. The lowest BCUT2D eigenvalue weighted by Gasteiger charge is -2.17. The molecule has 15 heavy (non-hydrogen) atoms. The first-order chi connectivity index (χ1) is 7.24. The van der Waals surface area contributed by atoms with Gasteiger partial charge in [-0.25, -0.2) is 4.98 Å². The van der Waals surface area contributed by atoms with Gasteiger partial charge in [-0.3, -0.25) is 0 Å². The number of nitrogens with one attached hydrogen (secondary N) is 1. The minimum absolute atomic E-state index is 0.273. The van der Waals surface area contributed by atoms with Crippen LogP contribution in [0.1, 0.15) is 5.56 Å². The molecule has 6 heteroatoms. The smallest absolute Gasteiger partial charge is 0.318 e. The lowest BCUT2D eigenvalue weighted by atomic mass is 10.1. The second-order valence-electron chi connectivity index (χ2n) is 3.04. The molecule has 0 spiro atoms. The Bertz CT molecular complexity index is 474. The van der Waals surface area contributed by atoms with E-state index in [1.54, 1.807) is 6.20 Å². The van der Waals surface area contributed by atoms with Gasteiger partial charge in [0.15, 0.2) is 0 Å². The first-order valence-corrected chi connectivity index (χ1v) is 4.30. The second kappa shape index (κ2) is 3.46. The average Bonchev–Trinajstić information content (AvgIpc) is 2.27. The number of nitrogens with two attached hydrogens (primary N) is 1. The lowest BCUT2D eigenvalue weighted by Crippen LogP contribution is -2.20. The van der Waals surface area contributed by atoms with E-state index in [9.17, 15) is 0 Å². The van der Waals surface area contributed by atoms with E-state index >= 15 is 0 Å². The van der Waals surface area contributed by atoms with Crippen LogP contribution in [0.3, 0.4) is 0 Å². The molecule has 1 aliphatic heterocycles. The topological polar surface area (TPSA) is 96.8 Å². The third-order valence-corrected chi connectivity index (χ3v) is 2.11. The van der Waals surface area contributed by atoms with Crippen LogP contribution in [-0.2, 0) is 6.42 Å². The summed E-state index contributed by atoms with van der Waals surface area (Å²) in [5.74, 6) is 0.934. The Morgan fingerprint density at radius 1 is 1.67 bits per heavy atom. The molecule has 0 saturated heterocycles. The summed E-state index contributed by atoms with van der Waals surface area (Å²) in [7, 11) is 1.49. The molecule has 2 rings (SSSR count). The molecule has 3 N–H and O–H groups in total. The van der Waals surface area contributed by atoms with Crippen molar-refractivity contribution >= 4 is 5.82 Å². The number of aromatic nitrogens is 2. The van der Waals surface area contributed by atoms with Gasteiger partial charge in [0.1, 0.15) is 11.6 Å². The highest BCUT2D eigenvalue weighted by Gasteiger charge is 2.17. The number of ether oxygens (including phenoxy) is 1. The fourth-order valence-corrected chi connectivity index (χ4v) is 1.31. The summed E-state index contributed by atoms with van der Waals surface area (Å²) in [6.07, 6.45) is 2.08. The fourth-order valence-electron chi connectivity index (χ4n) is 1.31. The Hall–Kier alpha value is -2.29. The van der Waals surface area contributed by atoms with E-state index in [0.29, 0.717) is 23.6 Å². The maximum Gasteiger partial charge on any atom is 0.318 e. The van der Waals surface area contributed by atoms with E-state index in [4.69, 9.17) is 15.7 Å².